The SMILES string of the molecule is CN1CCC(CN(C)CC(=O)NCCN)CC1. The maximum Gasteiger partial charge on any atom is 0.234 e. The second-order valence-electron chi connectivity index (χ2n) is 5.08. The highest BCUT2D eigenvalue weighted by atomic mass is 16.2. The van der Waals surface area contributed by atoms with Crippen molar-refractivity contribution in [3.05, 3.63) is 0 Å². The first-order valence-electron chi connectivity index (χ1n) is 6.45. The summed E-state index contributed by atoms with van der Waals surface area (Å²) in [4.78, 5) is 16.0. The van der Waals surface area contributed by atoms with E-state index < -0.39 is 0 Å². The van der Waals surface area contributed by atoms with E-state index in [2.05, 4.69) is 22.2 Å². The number of carbonyl (C=O) groups excluding carboxylic acids is 1. The van der Waals surface area contributed by atoms with E-state index in [9.17, 15) is 4.79 Å². The zero-order chi connectivity index (χ0) is 12.7. The Morgan fingerprint density at radius 2 is 2.12 bits per heavy atom. The molecule has 0 aromatic rings. The van der Waals surface area contributed by atoms with Gasteiger partial charge in [0.2, 0.25) is 5.91 Å². The van der Waals surface area contributed by atoms with Crippen LogP contribution in [0.15, 0.2) is 0 Å². The highest BCUT2D eigenvalue weighted by Crippen LogP contribution is 2.16. The van der Waals surface area contributed by atoms with Crippen molar-refractivity contribution in [3.63, 3.8) is 0 Å². The number of hydrogen-bond acceptors (Lipinski definition) is 4. The van der Waals surface area contributed by atoms with E-state index >= 15 is 0 Å². The van der Waals surface area contributed by atoms with Gasteiger partial charge in [-0.1, -0.05) is 0 Å². The molecule has 1 aliphatic rings. The lowest BCUT2D eigenvalue weighted by Gasteiger charge is -2.31. The van der Waals surface area contributed by atoms with E-state index in [0.717, 1.165) is 12.5 Å². The van der Waals surface area contributed by atoms with Gasteiger partial charge in [-0.25, -0.2) is 0 Å². The van der Waals surface area contributed by atoms with Crippen molar-refractivity contribution in [1.82, 2.24) is 15.1 Å². The summed E-state index contributed by atoms with van der Waals surface area (Å²) in [6, 6.07) is 0. The molecule has 0 saturated carbocycles. The molecule has 0 radical (unpaired) electrons. The van der Waals surface area contributed by atoms with Crippen molar-refractivity contribution in [3.8, 4) is 0 Å². The maximum absolute atomic E-state index is 11.5. The second-order valence-corrected chi connectivity index (χ2v) is 5.08. The van der Waals surface area contributed by atoms with Crippen molar-refractivity contribution in [2.75, 3.05) is 53.4 Å². The molecule has 1 heterocycles. The van der Waals surface area contributed by atoms with Crippen molar-refractivity contribution >= 4 is 5.91 Å². The molecule has 1 saturated heterocycles. The van der Waals surface area contributed by atoms with Gasteiger partial charge in [0, 0.05) is 19.6 Å². The summed E-state index contributed by atoms with van der Waals surface area (Å²) in [6.07, 6.45) is 2.48. The predicted octanol–water partition coefficient (Wildman–Crippen LogP) is -0.665. The number of hydrogen-bond donors (Lipinski definition) is 2. The number of likely N-dealkylation sites (tertiary alicyclic amines) is 1. The number of nitrogens with two attached hydrogens (primary N) is 1. The number of likely N-dealkylation sites (N-methyl/N-ethyl adjacent to an activating group) is 1. The van der Waals surface area contributed by atoms with Crippen LogP contribution in [0, 0.1) is 5.92 Å². The van der Waals surface area contributed by atoms with E-state index in [-0.39, 0.29) is 5.91 Å². The van der Waals surface area contributed by atoms with Crippen LogP contribution in [0.5, 0.6) is 0 Å². The summed E-state index contributed by atoms with van der Waals surface area (Å²) in [5.74, 6) is 0.810. The van der Waals surface area contributed by atoms with E-state index in [0.29, 0.717) is 19.6 Å². The summed E-state index contributed by atoms with van der Waals surface area (Å²) in [5.41, 5.74) is 5.34. The number of carbonyl (C=O) groups is 1. The number of rotatable bonds is 6. The molecule has 0 unspecified atom stereocenters. The molecular weight excluding hydrogens is 216 g/mol. The smallest absolute Gasteiger partial charge is 0.234 e. The van der Waals surface area contributed by atoms with Gasteiger partial charge in [0.25, 0.3) is 0 Å². The van der Waals surface area contributed by atoms with E-state index in [1.165, 1.54) is 25.9 Å². The van der Waals surface area contributed by atoms with Crippen LogP contribution in [0.2, 0.25) is 0 Å². The quantitative estimate of drug-likeness (QED) is 0.649. The minimum atomic E-state index is 0.0749. The molecule has 0 bridgehead atoms. The Bertz CT molecular complexity index is 227. The molecule has 3 N–H and O–H groups in total. The van der Waals surface area contributed by atoms with Gasteiger partial charge in [0.15, 0.2) is 0 Å². The minimum absolute atomic E-state index is 0.0749. The van der Waals surface area contributed by atoms with Crippen LogP contribution in [0.3, 0.4) is 0 Å². The Morgan fingerprint density at radius 3 is 2.71 bits per heavy atom. The largest absolute Gasteiger partial charge is 0.354 e. The van der Waals surface area contributed by atoms with E-state index in [1.54, 1.807) is 0 Å². The third-order valence-electron chi connectivity index (χ3n) is 3.29. The van der Waals surface area contributed by atoms with Crippen molar-refractivity contribution in [1.29, 1.82) is 0 Å². The molecular formula is C12H26N4O. The van der Waals surface area contributed by atoms with Gasteiger partial charge >= 0.3 is 0 Å². The van der Waals surface area contributed by atoms with Gasteiger partial charge < -0.3 is 16.0 Å². The Hall–Kier alpha value is -0.650. The van der Waals surface area contributed by atoms with Crippen LogP contribution in [0.25, 0.3) is 0 Å². The standard InChI is InChI=1S/C12H26N4O/c1-15-7-3-11(4-8-15)9-16(2)10-12(17)14-6-5-13/h11H,3-10,13H2,1-2H3,(H,14,17). The Kier molecular flexibility index (Phi) is 6.47. The topological polar surface area (TPSA) is 61.6 Å². The average molecular weight is 242 g/mol. The van der Waals surface area contributed by atoms with Gasteiger partial charge in [0.05, 0.1) is 6.54 Å². The first-order chi connectivity index (χ1) is 8.11. The second kappa shape index (κ2) is 7.63. The molecule has 0 atom stereocenters. The fourth-order valence-electron chi connectivity index (χ4n) is 2.26. The van der Waals surface area contributed by atoms with Crippen LogP contribution in [0.4, 0.5) is 0 Å². The fraction of sp³-hybridized carbons (Fsp3) is 0.917. The lowest BCUT2D eigenvalue weighted by atomic mass is 9.97. The van der Waals surface area contributed by atoms with E-state index in [4.69, 9.17) is 5.73 Å². The molecule has 17 heavy (non-hydrogen) atoms. The van der Waals surface area contributed by atoms with Crippen molar-refractivity contribution < 1.29 is 4.79 Å². The van der Waals surface area contributed by atoms with Gasteiger partial charge in [-0.05, 0) is 45.9 Å². The van der Waals surface area contributed by atoms with Crippen LogP contribution >= 0.6 is 0 Å². The lowest BCUT2D eigenvalue weighted by Crippen LogP contribution is -2.41. The number of amides is 1. The molecule has 100 valence electrons. The predicted molar refractivity (Wildman–Crippen MR) is 69.8 cm³/mol. The maximum atomic E-state index is 11.5. The van der Waals surface area contributed by atoms with Gasteiger partial charge in [-0.2, -0.15) is 0 Å². The Labute approximate surface area is 104 Å². The number of nitrogens with zero attached hydrogens (tertiary/aromatic N) is 2. The molecule has 5 heteroatoms. The molecule has 0 spiro atoms. The third kappa shape index (κ3) is 6.00. The average Bonchev–Trinajstić information content (AvgIpc) is 2.29. The monoisotopic (exact) mass is 242 g/mol. The van der Waals surface area contributed by atoms with Crippen LogP contribution in [-0.4, -0.2) is 69.1 Å². The summed E-state index contributed by atoms with van der Waals surface area (Å²) in [7, 11) is 4.18. The van der Waals surface area contributed by atoms with Crippen molar-refractivity contribution in [2.24, 2.45) is 11.7 Å². The molecule has 0 aliphatic carbocycles. The minimum Gasteiger partial charge on any atom is -0.354 e. The van der Waals surface area contributed by atoms with E-state index in [1.807, 2.05) is 7.05 Å². The third-order valence-corrected chi connectivity index (χ3v) is 3.29. The number of nitrogens with one attached hydrogen (secondary N) is 1. The summed E-state index contributed by atoms with van der Waals surface area (Å²) < 4.78 is 0. The Morgan fingerprint density at radius 1 is 1.47 bits per heavy atom. The zero-order valence-corrected chi connectivity index (χ0v) is 11.1. The molecule has 1 fully saturated rings. The van der Waals surface area contributed by atoms with Gasteiger partial charge in [0.1, 0.15) is 0 Å². The highest BCUT2D eigenvalue weighted by Gasteiger charge is 2.18. The zero-order valence-electron chi connectivity index (χ0n) is 11.1. The van der Waals surface area contributed by atoms with Gasteiger partial charge in [-0.15, -0.1) is 0 Å². The van der Waals surface area contributed by atoms with Gasteiger partial charge in [-0.3, -0.25) is 9.69 Å². The summed E-state index contributed by atoms with van der Waals surface area (Å²) in [5, 5.41) is 2.79. The van der Waals surface area contributed by atoms with Crippen molar-refractivity contribution in [2.45, 2.75) is 12.8 Å². The molecule has 5 nitrogen and oxygen atoms in total. The molecule has 1 amide bonds. The first kappa shape index (κ1) is 14.4. The summed E-state index contributed by atoms with van der Waals surface area (Å²) in [6.45, 7) is 4.93. The molecule has 1 rings (SSSR count). The first-order valence-corrected chi connectivity index (χ1v) is 6.45. The fourth-order valence-corrected chi connectivity index (χ4v) is 2.26. The molecule has 1 aliphatic heterocycles. The number of piperidine rings is 1. The van der Waals surface area contributed by atoms with Crippen LogP contribution in [-0.2, 0) is 4.79 Å². The normalized spacial score (nSPS) is 18.6. The summed E-state index contributed by atoms with van der Waals surface area (Å²) >= 11 is 0. The highest BCUT2D eigenvalue weighted by molar-refractivity contribution is 5.77. The molecule has 0 aromatic heterocycles. The van der Waals surface area contributed by atoms with Crippen LogP contribution in [0.1, 0.15) is 12.8 Å². The Balaban J connectivity index is 2.15. The van der Waals surface area contributed by atoms with Crippen LogP contribution < -0.4 is 11.1 Å². The molecule has 0 aromatic carbocycles. The lowest BCUT2D eigenvalue weighted by molar-refractivity contribution is -0.122.